The lowest BCUT2D eigenvalue weighted by Gasteiger charge is -2.29. The number of imidazole rings is 1. The van der Waals surface area contributed by atoms with Crippen LogP contribution in [0.15, 0.2) is 36.5 Å². The van der Waals surface area contributed by atoms with Crippen LogP contribution in [-0.2, 0) is 6.42 Å². The number of carbonyl (C=O) groups is 1. The highest BCUT2D eigenvalue weighted by Gasteiger charge is 2.27. The number of rotatable bonds is 2. The topological polar surface area (TPSA) is 58.4 Å². The molecule has 5 heteroatoms. The number of aromatic nitrogens is 2. The van der Waals surface area contributed by atoms with Crippen molar-refractivity contribution in [3.63, 3.8) is 0 Å². The summed E-state index contributed by atoms with van der Waals surface area (Å²) in [5.41, 5.74) is 6.98. The van der Waals surface area contributed by atoms with E-state index in [1.165, 1.54) is 5.56 Å². The Morgan fingerprint density at radius 2 is 2.04 bits per heavy atom. The number of fused-ring (bicyclic) bond motifs is 3. The molecule has 3 aromatic rings. The quantitative estimate of drug-likeness (QED) is 0.755. The predicted molar refractivity (Wildman–Crippen MR) is 99.2 cm³/mol. The standard InChI is InChI=1S/C20H22N4O/c1-12-13(2)24-11-16(20(25)21-3)15-9-10-17(14-7-5-4-6-8-14)23-18(15)19(24)22-12/h4-8,11,17,23H,9-10H2,1-3H3,(H,21,25). The van der Waals surface area contributed by atoms with Crippen molar-refractivity contribution in [3.05, 3.63) is 64.6 Å². The molecule has 128 valence electrons. The van der Waals surface area contributed by atoms with Crippen molar-refractivity contribution in [3.8, 4) is 0 Å². The summed E-state index contributed by atoms with van der Waals surface area (Å²) >= 11 is 0. The summed E-state index contributed by atoms with van der Waals surface area (Å²) < 4.78 is 2.03. The number of benzene rings is 1. The van der Waals surface area contributed by atoms with E-state index in [0.717, 1.165) is 46.7 Å². The van der Waals surface area contributed by atoms with Crippen molar-refractivity contribution in [1.82, 2.24) is 14.7 Å². The fourth-order valence-corrected chi connectivity index (χ4v) is 3.65. The Morgan fingerprint density at radius 3 is 2.76 bits per heavy atom. The fraction of sp³-hybridized carbons (Fsp3) is 0.300. The van der Waals surface area contributed by atoms with Gasteiger partial charge in [0.25, 0.3) is 5.91 Å². The predicted octanol–water partition coefficient (Wildman–Crippen LogP) is 3.41. The molecule has 0 saturated carbocycles. The molecule has 1 unspecified atom stereocenters. The Hall–Kier alpha value is -2.82. The minimum atomic E-state index is -0.0520. The highest BCUT2D eigenvalue weighted by molar-refractivity contribution is 5.98. The van der Waals surface area contributed by atoms with Crippen LogP contribution in [0.3, 0.4) is 0 Å². The van der Waals surface area contributed by atoms with Crippen LogP contribution in [-0.4, -0.2) is 22.3 Å². The molecule has 1 atom stereocenters. The molecule has 0 aliphatic carbocycles. The molecule has 0 saturated heterocycles. The van der Waals surface area contributed by atoms with E-state index in [9.17, 15) is 4.79 Å². The normalized spacial score (nSPS) is 16.4. The third-order valence-electron chi connectivity index (χ3n) is 5.17. The molecule has 2 aromatic heterocycles. The number of pyridine rings is 1. The third-order valence-corrected chi connectivity index (χ3v) is 5.17. The molecule has 0 bridgehead atoms. The molecule has 2 N–H and O–H groups in total. The SMILES string of the molecule is CNC(=O)c1cn2c(C)c(C)nc2c2c1CCC(c1ccccc1)N2. The second-order valence-corrected chi connectivity index (χ2v) is 6.60. The molecule has 25 heavy (non-hydrogen) atoms. The van der Waals surface area contributed by atoms with Gasteiger partial charge in [0, 0.05) is 18.9 Å². The Balaban J connectivity index is 1.90. The number of aryl methyl sites for hydroxylation is 2. The van der Waals surface area contributed by atoms with Gasteiger partial charge in [0.15, 0.2) is 5.65 Å². The van der Waals surface area contributed by atoms with Crippen LogP contribution < -0.4 is 10.6 Å². The first-order chi connectivity index (χ1) is 12.1. The van der Waals surface area contributed by atoms with E-state index in [2.05, 4.69) is 34.9 Å². The Morgan fingerprint density at radius 1 is 1.28 bits per heavy atom. The van der Waals surface area contributed by atoms with Gasteiger partial charge in [0.2, 0.25) is 0 Å². The molecule has 0 radical (unpaired) electrons. The number of amides is 1. The molecule has 1 aromatic carbocycles. The van der Waals surface area contributed by atoms with Crippen LogP contribution in [0.4, 0.5) is 5.69 Å². The number of nitrogens with one attached hydrogen (secondary N) is 2. The zero-order chi connectivity index (χ0) is 17.6. The average Bonchev–Trinajstić information content (AvgIpc) is 2.95. The first-order valence-electron chi connectivity index (χ1n) is 8.65. The summed E-state index contributed by atoms with van der Waals surface area (Å²) in [6.45, 7) is 4.04. The van der Waals surface area contributed by atoms with E-state index in [1.54, 1.807) is 7.05 Å². The van der Waals surface area contributed by atoms with Crippen molar-refractivity contribution >= 4 is 17.2 Å². The van der Waals surface area contributed by atoms with Crippen LogP contribution in [0.1, 0.15) is 45.3 Å². The van der Waals surface area contributed by atoms with Gasteiger partial charge in [0.1, 0.15) is 0 Å². The lowest BCUT2D eigenvalue weighted by Crippen LogP contribution is -2.25. The lowest BCUT2D eigenvalue weighted by molar-refractivity contribution is 0.0961. The van der Waals surface area contributed by atoms with Crippen LogP contribution in [0.2, 0.25) is 0 Å². The van der Waals surface area contributed by atoms with Gasteiger partial charge in [-0.15, -0.1) is 0 Å². The van der Waals surface area contributed by atoms with Gasteiger partial charge in [-0.2, -0.15) is 0 Å². The Labute approximate surface area is 147 Å². The zero-order valence-corrected chi connectivity index (χ0v) is 14.8. The molecule has 1 aliphatic rings. The number of hydrogen-bond acceptors (Lipinski definition) is 3. The minimum Gasteiger partial charge on any atom is -0.375 e. The Bertz CT molecular complexity index is 959. The highest BCUT2D eigenvalue weighted by atomic mass is 16.1. The maximum Gasteiger partial charge on any atom is 0.252 e. The molecule has 4 rings (SSSR count). The third kappa shape index (κ3) is 2.47. The van der Waals surface area contributed by atoms with Gasteiger partial charge in [-0.25, -0.2) is 4.98 Å². The van der Waals surface area contributed by atoms with Gasteiger partial charge in [0.05, 0.1) is 23.0 Å². The number of nitrogens with zero attached hydrogens (tertiary/aromatic N) is 2. The maximum absolute atomic E-state index is 12.4. The molecular formula is C20H22N4O. The van der Waals surface area contributed by atoms with Crippen LogP contribution in [0, 0.1) is 13.8 Å². The lowest BCUT2D eigenvalue weighted by atomic mass is 9.91. The summed E-state index contributed by atoms with van der Waals surface area (Å²) in [6.07, 6.45) is 3.73. The molecule has 5 nitrogen and oxygen atoms in total. The van der Waals surface area contributed by atoms with Gasteiger partial charge < -0.3 is 15.0 Å². The van der Waals surface area contributed by atoms with E-state index >= 15 is 0 Å². The average molecular weight is 334 g/mol. The molecular weight excluding hydrogens is 312 g/mol. The molecule has 1 amide bonds. The second kappa shape index (κ2) is 5.92. The second-order valence-electron chi connectivity index (χ2n) is 6.60. The first-order valence-corrected chi connectivity index (χ1v) is 8.65. The van der Waals surface area contributed by atoms with Crippen molar-refractivity contribution < 1.29 is 4.79 Å². The smallest absolute Gasteiger partial charge is 0.252 e. The maximum atomic E-state index is 12.4. The van der Waals surface area contributed by atoms with Crippen LogP contribution >= 0.6 is 0 Å². The van der Waals surface area contributed by atoms with E-state index in [1.807, 2.05) is 30.5 Å². The number of hydrogen-bond donors (Lipinski definition) is 2. The van der Waals surface area contributed by atoms with Gasteiger partial charge in [-0.1, -0.05) is 30.3 Å². The van der Waals surface area contributed by atoms with E-state index in [0.29, 0.717) is 0 Å². The van der Waals surface area contributed by atoms with Crippen molar-refractivity contribution in [2.45, 2.75) is 32.7 Å². The van der Waals surface area contributed by atoms with Gasteiger partial charge in [-0.05, 0) is 37.8 Å². The summed E-state index contributed by atoms with van der Waals surface area (Å²) in [4.78, 5) is 17.2. The minimum absolute atomic E-state index is 0.0520. The fourth-order valence-electron chi connectivity index (χ4n) is 3.65. The molecule has 0 spiro atoms. The molecule has 1 aliphatic heterocycles. The van der Waals surface area contributed by atoms with E-state index in [-0.39, 0.29) is 11.9 Å². The largest absolute Gasteiger partial charge is 0.375 e. The summed E-state index contributed by atoms with van der Waals surface area (Å²) in [6, 6.07) is 10.7. The van der Waals surface area contributed by atoms with E-state index in [4.69, 9.17) is 4.98 Å². The molecule has 0 fully saturated rings. The number of anilines is 1. The Kier molecular flexibility index (Phi) is 3.71. The van der Waals surface area contributed by atoms with Crippen LogP contribution in [0.25, 0.3) is 5.65 Å². The number of carbonyl (C=O) groups excluding carboxylic acids is 1. The summed E-state index contributed by atoms with van der Waals surface area (Å²) in [5.74, 6) is -0.0520. The monoisotopic (exact) mass is 334 g/mol. The first kappa shape index (κ1) is 15.7. The van der Waals surface area contributed by atoms with E-state index < -0.39 is 0 Å². The summed E-state index contributed by atoms with van der Waals surface area (Å²) in [7, 11) is 1.67. The molecule has 3 heterocycles. The van der Waals surface area contributed by atoms with Crippen molar-refractivity contribution in [1.29, 1.82) is 0 Å². The van der Waals surface area contributed by atoms with Gasteiger partial charge >= 0.3 is 0 Å². The van der Waals surface area contributed by atoms with Crippen molar-refractivity contribution in [2.75, 3.05) is 12.4 Å². The highest BCUT2D eigenvalue weighted by Crippen LogP contribution is 2.37. The van der Waals surface area contributed by atoms with Crippen molar-refractivity contribution in [2.24, 2.45) is 0 Å². The van der Waals surface area contributed by atoms with Gasteiger partial charge in [-0.3, -0.25) is 4.79 Å². The van der Waals surface area contributed by atoms with Crippen LogP contribution in [0.5, 0.6) is 0 Å². The zero-order valence-electron chi connectivity index (χ0n) is 14.8. The summed E-state index contributed by atoms with van der Waals surface area (Å²) in [5, 5.41) is 6.42.